The molecular formula is C14H23N3O2. The first-order valence-corrected chi connectivity index (χ1v) is 6.95. The predicted octanol–water partition coefficient (Wildman–Crippen LogP) is 1.35. The van der Waals surface area contributed by atoms with Gasteiger partial charge in [-0.25, -0.2) is 0 Å². The van der Waals surface area contributed by atoms with Crippen molar-refractivity contribution in [2.75, 3.05) is 0 Å². The van der Waals surface area contributed by atoms with E-state index in [0.717, 1.165) is 12.1 Å². The molecule has 1 saturated carbocycles. The van der Waals surface area contributed by atoms with Crippen LogP contribution >= 0.6 is 0 Å². The topological polar surface area (TPSA) is 67.2 Å². The van der Waals surface area contributed by atoms with E-state index in [1.54, 1.807) is 4.68 Å². The largest absolute Gasteiger partial charge is 0.392 e. The third-order valence-electron chi connectivity index (χ3n) is 4.25. The van der Waals surface area contributed by atoms with Crippen LogP contribution in [0.4, 0.5) is 0 Å². The molecule has 1 aliphatic rings. The molecule has 19 heavy (non-hydrogen) atoms. The van der Waals surface area contributed by atoms with Gasteiger partial charge in [0.1, 0.15) is 5.69 Å². The number of aliphatic hydroxyl groups is 1. The van der Waals surface area contributed by atoms with E-state index in [1.807, 2.05) is 33.8 Å². The summed E-state index contributed by atoms with van der Waals surface area (Å²) < 4.78 is 1.73. The van der Waals surface area contributed by atoms with Crippen molar-refractivity contribution in [2.45, 2.75) is 59.2 Å². The smallest absolute Gasteiger partial charge is 0.269 e. The molecule has 0 saturated heterocycles. The van der Waals surface area contributed by atoms with Crippen LogP contribution in [0.1, 0.15) is 50.3 Å². The van der Waals surface area contributed by atoms with Gasteiger partial charge in [-0.3, -0.25) is 9.48 Å². The number of carbonyl (C=O) groups excluding carboxylic acids is 1. The molecule has 2 N–H and O–H groups in total. The highest BCUT2D eigenvalue weighted by Gasteiger charge is 2.48. The van der Waals surface area contributed by atoms with E-state index in [0.29, 0.717) is 18.7 Å². The van der Waals surface area contributed by atoms with E-state index in [2.05, 4.69) is 10.4 Å². The lowest BCUT2D eigenvalue weighted by atomic mass is 9.64. The monoisotopic (exact) mass is 265 g/mol. The quantitative estimate of drug-likeness (QED) is 0.863. The van der Waals surface area contributed by atoms with Gasteiger partial charge in [0.15, 0.2) is 0 Å². The van der Waals surface area contributed by atoms with Gasteiger partial charge in [-0.2, -0.15) is 5.10 Å². The molecule has 0 aromatic carbocycles. The minimum absolute atomic E-state index is 0.0280. The zero-order valence-electron chi connectivity index (χ0n) is 12.1. The van der Waals surface area contributed by atoms with Crippen molar-refractivity contribution in [2.24, 2.45) is 5.41 Å². The molecule has 2 atom stereocenters. The minimum atomic E-state index is -0.333. The normalized spacial score (nSPS) is 24.9. The van der Waals surface area contributed by atoms with E-state index in [4.69, 9.17) is 0 Å². The fourth-order valence-electron chi connectivity index (χ4n) is 2.45. The Kier molecular flexibility index (Phi) is 3.67. The Hall–Kier alpha value is -1.36. The number of amides is 1. The number of aliphatic hydroxyl groups excluding tert-OH is 1. The van der Waals surface area contributed by atoms with Crippen LogP contribution in [0.25, 0.3) is 0 Å². The van der Waals surface area contributed by atoms with Gasteiger partial charge >= 0.3 is 0 Å². The molecule has 0 radical (unpaired) electrons. The standard InChI is InChI=1S/C14H23N3O2/c1-5-9-7-10(17(6-2)16-9)13(19)15-11-8-12(18)14(11,3)4/h7,11-12,18H,5-6,8H2,1-4H3,(H,15,19). The number of aryl methyl sites for hydroxylation is 2. The van der Waals surface area contributed by atoms with E-state index < -0.39 is 0 Å². The number of hydrogen-bond acceptors (Lipinski definition) is 3. The average molecular weight is 265 g/mol. The molecule has 1 amide bonds. The predicted molar refractivity (Wildman–Crippen MR) is 72.9 cm³/mol. The summed E-state index contributed by atoms with van der Waals surface area (Å²) >= 11 is 0. The van der Waals surface area contributed by atoms with E-state index >= 15 is 0 Å². The molecule has 1 aliphatic carbocycles. The molecule has 1 aromatic rings. The van der Waals surface area contributed by atoms with Crippen LogP contribution in [0.2, 0.25) is 0 Å². The molecule has 2 unspecified atom stereocenters. The van der Waals surface area contributed by atoms with Gasteiger partial charge in [-0.15, -0.1) is 0 Å². The number of carbonyl (C=O) groups is 1. The highest BCUT2D eigenvalue weighted by atomic mass is 16.3. The Balaban J connectivity index is 2.10. The maximum absolute atomic E-state index is 12.3. The van der Waals surface area contributed by atoms with Crippen LogP contribution < -0.4 is 5.32 Å². The summed E-state index contributed by atoms with van der Waals surface area (Å²) in [6, 6.07) is 1.88. The van der Waals surface area contributed by atoms with Crippen LogP contribution in [-0.2, 0) is 13.0 Å². The van der Waals surface area contributed by atoms with Gasteiger partial charge in [-0.05, 0) is 25.8 Å². The summed E-state index contributed by atoms with van der Waals surface area (Å²) in [6.07, 6.45) is 1.11. The van der Waals surface area contributed by atoms with Gasteiger partial charge in [-0.1, -0.05) is 20.8 Å². The van der Waals surface area contributed by atoms with E-state index in [1.165, 1.54) is 0 Å². The summed E-state index contributed by atoms with van der Waals surface area (Å²) in [5.41, 5.74) is 1.29. The molecular weight excluding hydrogens is 242 g/mol. The lowest BCUT2D eigenvalue weighted by molar-refractivity contribution is -0.0690. The molecule has 0 spiro atoms. The summed E-state index contributed by atoms with van der Waals surface area (Å²) in [5, 5.41) is 17.1. The van der Waals surface area contributed by atoms with Gasteiger partial charge in [0.2, 0.25) is 0 Å². The Morgan fingerprint density at radius 3 is 2.74 bits per heavy atom. The Labute approximate surface area is 114 Å². The fraction of sp³-hybridized carbons (Fsp3) is 0.714. The van der Waals surface area contributed by atoms with Crippen LogP contribution in [0.5, 0.6) is 0 Å². The van der Waals surface area contributed by atoms with Crippen LogP contribution in [0, 0.1) is 5.41 Å². The lowest BCUT2D eigenvalue weighted by Gasteiger charge is -2.49. The molecule has 1 heterocycles. The maximum Gasteiger partial charge on any atom is 0.269 e. The van der Waals surface area contributed by atoms with Gasteiger partial charge < -0.3 is 10.4 Å². The molecule has 1 fully saturated rings. The average Bonchev–Trinajstić information content (AvgIpc) is 2.81. The number of rotatable bonds is 4. The summed E-state index contributed by atoms with van der Waals surface area (Å²) in [7, 11) is 0. The first kappa shape index (κ1) is 14.1. The number of nitrogens with one attached hydrogen (secondary N) is 1. The molecule has 0 aliphatic heterocycles. The highest BCUT2D eigenvalue weighted by Crippen LogP contribution is 2.40. The van der Waals surface area contributed by atoms with Crippen molar-refractivity contribution < 1.29 is 9.90 Å². The molecule has 0 bridgehead atoms. The molecule has 1 aromatic heterocycles. The van der Waals surface area contributed by atoms with Gasteiger partial charge in [0, 0.05) is 18.0 Å². The lowest BCUT2D eigenvalue weighted by Crippen LogP contribution is -2.61. The van der Waals surface area contributed by atoms with Gasteiger partial charge in [0.25, 0.3) is 5.91 Å². The minimum Gasteiger partial charge on any atom is -0.392 e. The van der Waals surface area contributed by atoms with Crippen molar-refractivity contribution >= 4 is 5.91 Å². The number of hydrogen-bond donors (Lipinski definition) is 2. The first-order valence-electron chi connectivity index (χ1n) is 6.95. The fourth-order valence-corrected chi connectivity index (χ4v) is 2.45. The molecule has 5 nitrogen and oxygen atoms in total. The van der Waals surface area contributed by atoms with E-state index in [9.17, 15) is 9.90 Å². The van der Waals surface area contributed by atoms with Crippen molar-refractivity contribution in [3.63, 3.8) is 0 Å². The van der Waals surface area contributed by atoms with Gasteiger partial charge in [0.05, 0.1) is 11.8 Å². The summed E-state index contributed by atoms with van der Waals surface area (Å²) in [5.74, 6) is -0.0981. The van der Waals surface area contributed by atoms with Crippen LogP contribution in [-0.4, -0.2) is 32.9 Å². The Morgan fingerprint density at radius 1 is 1.58 bits per heavy atom. The Morgan fingerprint density at radius 2 is 2.26 bits per heavy atom. The zero-order chi connectivity index (χ0) is 14.2. The highest BCUT2D eigenvalue weighted by molar-refractivity contribution is 5.93. The van der Waals surface area contributed by atoms with Crippen molar-refractivity contribution in [3.8, 4) is 0 Å². The third kappa shape index (κ3) is 2.39. The number of aromatic nitrogens is 2. The van der Waals surface area contributed by atoms with Crippen molar-refractivity contribution in [1.29, 1.82) is 0 Å². The maximum atomic E-state index is 12.3. The summed E-state index contributed by atoms with van der Waals surface area (Å²) in [4.78, 5) is 12.3. The van der Waals surface area contributed by atoms with Crippen LogP contribution in [0.15, 0.2) is 6.07 Å². The second-order valence-corrected chi connectivity index (χ2v) is 5.79. The SMILES string of the molecule is CCc1cc(C(=O)NC2CC(O)C2(C)C)n(CC)n1. The zero-order valence-corrected chi connectivity index (χ0v) is 12.1. The molecule has 2 rings (SSSR count). The molecule has 5 heteroatoms. The second-order valence-electron chi connectivity index (χ2n) is 5.79. The van der Waals surface area contributed by atoms with Crippen molar-refractivity contribution in [1.82, 2.24) is 15.1 Å². The van der Waals surface area contributed by atoms with Crippen molar-refractivity contribution in [3.05, 3.63) is 17.5 Å². The molecule has 106 valence electrons. The number of nitrogens with zero attached hydrogens (tertiary/aromatic N) is 2. The second kappa shape index (κ2) is 4.96. The Bertz CT molecular complexity index is 479. The third-order valence-corrected chi connectivity index (χ3v) is 4.25. The first-order chi connectivity index (χ1) is 8.90. The van der Waals surface area contributed by atoms with Crippen LogP contribution in [0.3, 0.4) is 0 Å². The summed E-state index contributed by atoms with van der Waals surface area (Å²) in [6.45, 7) is 8.62. The van der Waals surface area contributed by atoms with E-state index in [-0.39, 0.29) is 23.5 Å².